The number of amides is 1. The molecule has 1 aromatic carbocycles. The Morgan fingerprint density at radius 2 is 1.89 bits per heavy atom. The largest absolute Gasteiger partial charge is 0.390 e. The van der Waals surface area contributed by atoms with Crippen LogP contribution in [0.5, 0.6) is 0 Å². The smallest absolute Gasteiger partial charge is 0.368 e. The quantitative estimate of drug-likeness (QED) is 0.504. The van der Waals surface area contributed by atoms with Crippen molar-refractivity contribution in [3.05, 3.63) is 52.8 Å². The van der Waals surface area contributed by atoms with Crippen molar-refractivity contribution in [3.63, 3.8) is 0 Å². The molecule has 0 spiro atoms. The van der Waals surface area contributed by atoms with Gasteiger partial charge in [0.05, 0.1) is 28.2 Å². The molecule has 11 heteroatoms. The van der Waals surface area contributed by atoms with Crippen LogP contribution in [0.1, 0.15) is 16.8 Å². The highest BCUT2D eigenvalue weighted by molar-refractivity contribution is 6.33. The monoisotopic (exact) mass is 418 g/mol. The predicted molar refractivity (Wildman–Crippen MR) is 94.6 cm³/mol. The van der Waals surface area contributed by atoms with E-state index >= 15 is 0 Å². The van der Waals surface area contributed by atoms with Crippen LogP contribution in [0.2, 0.25) is 5.02 Å². The Labute approximate surface area is 159 Å². The molecule has 0 aliphatic rings. The van der Waals surface area contributed by atoms with Crippen LogP contribution in [0.3, 0.4) is 0 Å². The molecule has 0 atom stereocenters. The standard InChI is InChI=1S/C17H12ClF5N4O/c18-10-3-8(6-26-15(10)24-2-1-17(21,22)23)16(28)27-14-7-25-13-5-12(20)11(19)4-9(13)14/h3-7,25H,1-2H2,(H,24,26)(H,27,28). The SMILES string of the molecule is O=C(Nc1c[nH]c2cc(F)c(F)cc12)c1cnc(NCCC(F)(F)F)c(Cl)c1. The summed E-state index contributed by atoms with van der Waals surface area (Å²) in [7, 11) is 0. The van der Waals surface area contributed by atoms with E-state index in [0.717, 1.165) is 18.3 Å². The normalized spacial score (nSPS) is 11.6. The number of alkyl halides is 3. The molecule has 0 fully saturated rings. The fourth-order valence-electron chi connectivity index (χ4n) is 2.43. The zero-order chi connectivity index (χ0) is 20.5. The molecule has 3 rings (SSSR count). The highest BCUT2D eigenvalue weighted by Gasteiger charge is 2.26. The zero-order valence-corrected chi connectivity index (χ0v) is 14.7. The first-order valence-electron chi connectivity index (χ1n) is 7.88. The number of rotatable bonds is 5. The third-order valence-corrected chi connectivity index (χ3v) is 4.06. The van der Waals surface area contributed by atoms with E-state index in [-0.39, 0.29) is 33.0 Å². The Morgan fingerprint density at radius 1 is 1.18 bits per heavy atom. The molecule has 0 unspecified atom stereocenters. The number of benzene rings is 1. The first-order chi connectivity index (χ1) is 13.1. The molecule has 0 radical (unpaired) electrons. The molecule has 148 valence electrons. The second kappa shape index (κ2) is 7.63. The van der Waals surface area contributed by atoms with Crippen LogP contribution in [0.4, 0.5) is 33.5 Å². The summed E-state index contributed by atoms with van der Waals surface area (Å²) in [5.74, 6) is -2.73. The van der Waals surface area contributed by atoms with Gasteiger partial charge in [-0.3, -0.25) is 4.79 Å². The molecule has 0 bridgehead atoms. The molecule has 28 heavy (non-hydrogen) atoms. The number of nitrogens with zero attached hydrogens (tertiary/aromatic N) is 1. The molecule has 0 aliphatic carbocycles. The summed E-state index contributed by atoms with van der Waals surface area (Å²) in [5.41, 5.74) is 0.528. The zero-order valence-electron chi connectivity index (χ0n) is 13.9. The Balaban J connectivity index is 1.73. The van der Waals surface area contributed by atoms with Gasteiger partial charge in [-0.25, -0.2) is 13.8 Å². The topological polar surface area (TPSA) is 69.8 Å². The minimum absolute atomic E-state index is 0.00658. The van der Waals surface area contributed by atoms with Crippen molar-refractivity contribution in [1.82, 2.24) is 9.97 Å². The average molecular weight is 419 g/mol. The van der Waals surface area contributed by atoms with Gasteiger partial charge < -0.3 is 15.6 Å². The second-order valence-electron chi connectivity index (χ2n) is 5.81. The van der Waals surface area contributed by atoms with E-state index < -0.39 is 36.7 Å². The molecule has 0 saturated carbocycles. The fourth-order valence-corrected chi connectivity index (χ4v) is 2.66. The van der Waals surface area contributed by atoms with Crippen LogP contribution < -0.4 is 10.6 Å². The predicted octanol–water partition coefficient (Wildman–Crippen LogP) is 5.11. The van der Waals surface area contributed by atoms with E-state index in [9.17, 15) is 26.7 Å². The van der Waals surface area contributed by atoms with Crippen molar-refractivity contribution in [2.75, 3.05) is 17.2 Å². The molecule has 0 saturated heterocycles. The van der Waals surface area contributed by atoms with Crippen LogP contribution in [0, 0.1) is 11.6 Å². The minimum atomic E-state index is -4.32. The number of carbonyl (C=O) groups excluding carboxylic acids is 1. The lowest BCUT2D eigenvalue weighted by molar-refractivity contribution is -0.131. The molecular weight excluding hydrogens is 407 g/mol. The summed E-state index contributed by atoms with van der Waals surface area (Å²) < 4.78 is 63.2. The van der Waals surface area contributed by atoms with E-state index in [4.69, 9.17) is 11.6 Å². The van der Waals surface area contributed by atoms with Gasteiger partial charge in [-0.1, -0.05) is 11.6 Å². The molecular formula is C17H12ClF5N4O. The van der Waals surface area contributed by atoms with Crippen molar-refractivity contribution in [1.29, 1.82) is 0 Å². The van der Waals surface area contributed by atoms with Gasteiger partial charge in [-0.15, -0.1) is 0 Å². The van der Waals surface area contributed by atoms with Gasteiger partial charge in [0, 0.05) is 30.4 Å². The second-order valence-corrected chi connectivity index (χ2v) is 6.22. The van der Waals surface area contributed by atoms with Gasteiger partial charge in [-0.05, 0) is 12.1 Å². The third kappa shape index (κ3) is 4.50. The maximum atomic E-state index is 13.4. The van der Waals surface area contributed by atoms with Crippen LogP contribution in [0.15, 0.2) is 30.6 Å². The summed E-state index contributed by atoms with van der Waals surface area (Å²) in [6, 6.07) is 3.13. The number of nitrogens with one attached hydrogen (secondary N) is 3. The van der Waals surface area contributed by atoms with Crippen LogP contribution in [-0.4, -0.2) is 28.6 Å². The lowest BCUT2D eigenvalue weighted by Gasteiger charge is -2.10. The van der Waals surface area contributed by atoms with E-state index in [1.165, 1.54) is 12.3 Å². The number of aromatic nitrogens is 2. The highest BCUT2D eigenvalue weighted by Crippen LogP contribution is 2.27. The fraction of sp³-hybridized carbons (Fsp3) is 0.176. The molecule has 3 aromatic rings. The molecule has 3 N–H and O–H groups in total. The lowest BCUT2D eigenvalue weighted by Crippen LogP contribution is -2.16. The summed E-state index contributed by atoms with van der Waals surface area (Å²) in [6.45, 7) is -0.417. The number of anilines is 2. The lowest BCUT2D eigenvalue weighted by atomic mass is 10.2. The number of aromatic amines is 1. The molecule has 5 nitrogen and oxygen atoms in total. The van der Waals surface area contributed by atoms with Crippen molar-refractivity contribution in [3.8, 4) is 0 Å². The van der Waals surface area contributed by atoms with Crippen molar-refractivity contribution in [2.45, 2.75) is 12.6 Å². The molecule has 1 amide bonds. The number of pyridine rings is 1. The van der Waals surface area contributed by atoms with E-state index in [2.05, 4.69) is 20.6 Å². The van der Waals surface area contributed by atoms with E-state index in [1.807, 2.05) is 0 Å². The first kappa shape index (κ1) is 19.9. The van der Waals surface area contributed by atoms with E-state index in [0.29, 0.717) is 0 Å². The number of hydrogen-bond acceptors (Lipinski definition) is 3. The van der Waals surface area contributed by atoms with Gasteiger partial charge >= 0.3 is 6.18 Å². The molecule has 0 aliphatic heterocycles. The van der Waals surface area contributed by atoms with E-state index in [1.54, 1.807) is 0 Å². The van der Waals surface area contributed by atoms with Crippen molar-refractivity contribution in [2.24, 2.45) is 0 Å². The number of hydrogen-bond donors (Lipinski definition) is 3. The third-order valence-electron chi connectivity index (χ3n) is 3.78. The van der Waals surface area contributed by atoms with Crippen LogP contribution in [-0.2, 0) is 0 Å². The molecule has 2 heterocycles. The number of H-pyrrole nitrogens is 1. The highest BCUT2D eigenvalue weighted by atomic mass is 35.5. The van der Waals surface area contributed by atoms with Crippen LogP contribution in [0.25, 0.3) is 10.9 Å². The number of carbonyl (C=O) groups is 1. The first-order valence-corrected chi connectivity index (χ1v) is 8.25. The number of halogens is 6. The molecule has 2 aromatic heterocycles. The van der Waals surface area contributed by atoms with Crippen molar-refractivity contribution < 1.29 is 26.7 Å². The summed E-state index contributed by atoms with van der Waals surface area (Å²) in [6.07, 6.45) is -2.89. The van der Waals surface area contributed by atoms with Gasteiger partial charge in [0.2, 0.25) is 0 Å². The Morgan fingerprint density at radius 3 is 2.57 bits per heavy atom. The van der Waals surface area contributed by atoms with Crippen LogP contribution >= 0.6 is 11.6 Å². The van der Waals surface area contributed by atoms with Gasteiger partial charge in [0.25, 0.3) is 5.91 Å². The summed E-state index contributed by atoms with van der Waals surface area (Å²) in [4.78, 5) is 18.9. The Hall–Kier alpha value is -2.88. The maximum absolute atomic E-state index is 13.4. The van der Waals surface area contributed by atoms with Gasteiger partial charge in [0.15, 0.2) is 11.6 Å². The Bertz CT molecular complexity index is 1030. The Kier molecular flexibility index (Phi) is 5.41. The summed E-state index contributed by atoms with van der Waals surface area (Å²) in [5, 5.41) is 5.17. The van der Waals surface area contributed by atoms with Gasteiger partial charge in [0.1, 0.15) is 5.82 Å². The number of fused-ring (bicyclic) bond motifs is 1. The summed E-state index contributed by atoms with van der Waals surface area (Å²) >= 11 is 5.95. The average Bonchev–Trinajstić information content (AvgIpc) is 2.97. The minimum Gasteiger partial charge on any atom is -0.368 e. The van der Waals surface area contributed by atoms with Gasteiger partial charge in [-0.2, -0.15) is 13.2 Å². The van der Waals surface area contributed by atoms with Crippen molar-refractivity contribution >= 4 is 39.9 Å². The maximum Gasteiger partial charge on any atom is 0.390 e.